The van der Waals surface area contributed by atoms with Crippen molar-refractivity contribution in [2.75, 3.05) is 0 Å². The second kappa shape index (κ2) is 11.6. The van der Waals surface area contributed by atoms with Crippen LogP contribution in [0.1, 0.15) is 93.5 Å². The molecule has 1 saturated carbocycles. The first-order valence-corrected chi connectivity index (χ1v) is 13.2. The normalized spacial score (nSPS) is 17.3. The number of carboxylic acid groups (broad SMARTS) is 1. The van der Waals surface area contributed by atoms with Crippen molar-refractivity contribution in [1.29, 1.82) is 0 Å². The maximum absolute atomic E-state index is 11.6. The third kappa shape index (κ3) is 6.19. The van der Waals surface area contributed by atoms with Gasteiger partial charge in [-0.15, -0.1) is 0 Å². The Labute approximate surface area is 215 Å². The lowest BCUT2D eigenvalue weighted by Gasteiger charge is -2.34. The maximum atomic E-state index is 11.6. The highest BCUT2D eigenvalue weighted by Gasteiger charge is 2.32. The highest BCUT2D eigenvalue weighted by molar-refractivity contribution is 5.73. The molecule has 5 heteroatoms. The highest BCUT2D eigenvalue weighted by atomic mass is 16.5. The van der Waals surface area contributed by atoms with E-state index in [9.17, 15) is 20.1 Å². The number of aliphatic hydroxyl groups excluding tert-OH is 1. The van der Waals surface area contributed by atoms with Gasteiger partial charge in [-0.25, -0.2) is 4.79 Å². The zero-order chi connectivity index (χ0) is 26.5. The highest BCUT2D eigenvalue weighted by Crippen LogP contribution is 2.41. The third-order valence-corrected chi connectivity index (χ3v) is 7.90. The summed E-state index contributed by atoms with van der Waals surface area (Å²) in [6, 6.07) is 12.6. The van der Waals surface area contributed by atoms with Gasteiger partial charge in [0.2, 0.25) is 0 Å². The van der Waals surface area contributed by atoms with E-state index in [0.717, 1.165) is 49.7 Å². The van der Waals surface area contributed by atoms with Crippen molar-refractivity contribution >= 4 is 12.0 Å². The zero-order valence-corrected chi connectivity index (χ0v) is 22.4. The minimum atomic E-state index is -1.10. The molecule has 0 heterocycles. The Morgan fingerprint density at radius 1 is 1.06 bits per heavy atom. The van der Waals surface area contributed by atoms with E-state index in [1.165, 1.54) is 16.7 Å². The number of hydrogen-bond acceptors (Lipinski definition) is 4. The van der Waals surface area contributed by atoms with Crippen LogP contribution in [-0.2, 0) is 10.2 Å². The van der Waals surface area contributed by atoms with Crippen LogP contribution in [0.3, 0.4) is 0 Å². The first kappa shape index (κ1) is 27.9. The summed E-state index contributed by atoms with van der Waals surface area (Å²) in [5.41, 5.74) is 4.73. The van der Waals surface area contributed by atoms with E-state index in [0.29, 0.717) is 5.75 Å². The standard InChI is InChI=1S/C31H42O5/c1-6-31(7-2,25-11-10-24(21(3)18-25)14-17-30(35)15-8-9-16-30)26-12-13-27(22(4)19-26)36-28(29(33)34)20-23(5)32/h10-14,17-19,23,28,32,35H,6-9,15-16,20H2,1-5H3,(H,33,34)/t23?,28-/m0/s1. The van der Waals surface area contributed by atoms with Crippen molar-refractivity contribution in [1.82, 2.24) is 0 Å². The number of rotatable bonds is 11. The van der Waals surface area contributed by atoms with Gasteiger partial charge in [-0.3, -0.25) is 0 Å². The Morgan fingerprint density at radius 2 is 1.64 bits per heavy atom. The molecule has 2 aromatic carbocycles. The fourth-order valence-electron chi connectivity index (χ4n) is 5.53. The smallest absolute Gasteiger partial charge is 0.344 e. The molecule has 2 atom stereocenters. The molecule has 0 saturated heterocycles. The molecule has 36 heavy (non-hydrogen) atoms. The molecule has 0 aliphatic heterocycles. The van der Waals surface area contributed by atoms with Gasteiger partial charge in [-0.2, -0.15) is 0 Å². The van der Waals surface area contributed by atoms with E-state index in [1.54, 1.807) is 6.92 Å². The Hall–Kier alpha value is -2.63. The predicted octanol–water partition coefficient (Wildman–Crippen LogP) is 6.33. The average Bonchev–Trinajstić information content (AvgIpc) is 3.27. The number of aryl methyl sites for hydroxylation is 2. The molecule has 3 N–H and O–H groups in total. The molecule has 1 aliphatic carbocycles. The molecular formula is C31H42O5. The number of carboxylic acids is 1. The molecule has 1 fully saturated rings. The molecule has 1 aliphatic rings. The van der Waals surface area contributed by atoms with Gasteiger partial charge in [0, 0.05) is 11.8 Å². The number of aliphatic hydroxyl groups is 2. The summed E-state index contributed by atoms with van der Waals surface area (Å²) in [7, 11) is 0. The quantitative estimate of drug-likeness (QED) is 0.340. The van der Waals surface area contributed by atoms with Crippen LogP contribution in [-0.4, -0.2) is 39.1 Å². The molecule has 1 unspecified atom stereocenters. The van der Waals surface area contributed by atoms with Gasteiger partial charge in [-0.1, -0.05) is 69.2 Å². The SMILES string of the molecule is CCC(CC)(c1ccc(C=CC2(O)CCCC2)c(C)c1)c1ccc(O[C@@H](CC(C)O)C(=O)O)c(C)c1. The molecule has 2 aromatic rings. The van der Waals surface area contributed by atoms with E-state index < -0.39 is 23.8 Å². The van der Waals surface area contributed by atoms with Crippen LogP contribution in [0, 0.1) is 13.8 Å². The monoisotopic (exact) mass is 494 g/mol. The average molecular weight is 495 g/mol. The summed E-state index contributed by atoms with van der Waals surface area (Å²) >= 11 is 0. The van der Waals surface area contributed by atoms with Crippen LogP contribution in [0.15, 0.2) is 42.5 Å². The van der Waals surface area contributed by atoms with Crippen molar-refractivity contribution in [2.24, 2.45) is 0 Å². The fourth-order valence-corrected chi connectivity index (χ4v) is 5.53. The number of ether oxygens (including phenoxy) is 1. The molecule has 0 aromatic heterocycles. The minimum Gasteiger partial charge on any atom is -0.479 e. The lowest BCUT2D eigenvalue weighted by atomic mass is 9.70. The van der Waals surface area contributed by atoms with E-state index in [-0.39, 0.29) is 11.8 Å². The number of carbonyl (C=O) groups is 1. The number of hydrogen-bond donors (Lipinski definition) is 3. The minimum absolute atomic E-state index is 0.0296. The molecule has 5 nitrogen and oxygen atoms in total. The van der Waals surface area contributed by atoms with Gasteiger partial charge in [0.05, 0.1) is 11.7 Å². The van der Waals surface area contributed by atoms with Gasteiger partial charge in [-0.05, 0) is 80.3 Å². The summed E-state index contributed by atoms with van der Waals surface area (Å²) < 4.78 is 5.78. The molecular weight excluding hydrogens is 452 g/mol. The van der Waals surface area contributed by atoms with Gasteiger partial charge in [0.15, 0.2) is 6.10 Å². The van der Waals surface area contributed by atoms with Crippen molar-refractivity contribution in [3.8, 4) is 5.75 Å². The van der Waals surface area contributed by atoms with Gasteiger partial charge in [0.1, 0.15) is 5.75 Å². The third-order valence-electron chi connectivity index (χ3n) is 7.90. The molecule has 0 radical (unpaired) electrons. The largest absolute Gasteiger partial charge is 0.479 e. The predicted molar refractivity (Wildman–Crippen MR) is 145 cm³/mol. The van der Waals surface area contributed by atoms with Crippen LogP contribution in [0.25, 0.3) is 6.08 Å². The first-order chi connectivity index (χ1) is 17.0. The van der Waals surface area contributed by atoms with Crippen LogP contribution >= 0.6 is 0 Å². The van der Waals surface area contributed by atoms with Crippen LogP contribution in [0.4, 0.5) is 0 Å². The van der Waals surface area contributed by atoms with Crippen LogP contribution in [0.5, 0.6) is 5.75 Å². The second-order valence-electron chi connectivity index (χ2n) is 10.5. The molecule has 0 spiro atoms. The summed E-state index contributed by atoms with van der Waals surface area (Å²) in [4.78, 5) is 11.6. The topological polar surface area (TPSA) is 87.0 Å². The molecule has 0 amide bonds. The summed E-state index contributed by atoms with van der Waals surface area (Å²) in [5.74, 6) is -0.560. The van der Waals surface area contributed by atoms with Gasteiger partial charge < -0.3 is 20.1 Å². The summed E-state index contributed by atoms with van der Waals surface area (Å²) in [5, 5.41) is 29.8. The lowest BCUT2D eigenvalue weighted by molar-refractivity contribution is -0.146. The summed E-state index contributed by atoms with van der Waals surface area (Å²) in [6.07, 6.45) is 7.86. The van der Waals surface area contributed by atoms with Crippen LogP contribution < -0.4 is 4.74 Å². The molecule has 3 rings (SSSR count). The second-order valence-corrected chi connectivity index (χ2v) is 10.5. The first-order valence-electron chi connectivity index (χ1n) is 13.2. The van der Waals surface area contributed by atoms with E-state index in [1.807, 2.05) is 25.1 Å². The number of aliphatic carboxylic acids is 1. The maximum Gasteiger partial charge on any atom is 0.344 e. The fraction of sp³-hybridized carbons (Fsp3) is 0.516. The summed E-state index contributed by atoms with van der Waals surface area (Å²) in [6.45, 7) is 10.0. The Morgan fingerprint density at radius 3 is 2.14 bits per heavy atom. The number of benzene rings is 2. The van der Waals surface area contributed by atoms with Crippen molar-refractivity contribution in [3.05, 3.63) is 70.3 Å². The van der Waals surface area contributed by atoms with E-state index in [2.05, 4.69) is 51.1 Å². The molecule has 0 bridgehead atoms. The Bertz CT molecular complexity index is 1070. The zero-order valence-electron chi connectivity index (χ0n) is 22.4. The lowest BCUT2D eigenvalue weighted by Crippen LogP contribution is -2.31. The Balaban J connectivity index is 1.91. The van der Waals surface area contributed by atoms with E-state index >= 15 is 0 Å². The Kier molecular flexibility index (Phi) is 9.02. The molecule has 196 valence electrons. The van der Waals surface area contributed by atoms with Crippen molar-refractivity contribution < 1.29 is 24.9 Å². The van der Waals surface area contributed by atoms with Crippen molar-refractivity contribution in [3.63, 3.8) is 0 Å². The van der Waals surface area contributed by atoms with Crippen LogP contribution in [0.2, 0.25) is 0 Å². The van der Waals surface area contributed by atoms with E-state index in [4.69, 9.17) is 4.74 Å². The van der Waals surface area contributed by atoms with Crippen molar-refractivity contribution in [2.45, 2.75) is 103 Å². The van der Waals surface area contributed by atoms with Gasteiger partial charge >= 0.3 is 5.97 Å². The van der Waals surface area contributed by atoms with Gasteiger partial charge in [0.25, 0.3) is 0 Å².